The van der Waals surface area contributed by atoms with E-state index in [1.54, 1.807) is 41.7 Å². The number of aryl methyl sites for hydroxylation is 1. The van der Waals surface area contributed by atoms with Gasteiger partial charge in [-0.1, -0.05) is 24.3 Å². The van der Waals surface area contributed by atoms with Crippen LogP contribution in [0.1, 0.15) is 26.6 Å². The van der Waals surface area contributed by atoms with Gasteiger partial charge in [-0.3, -0.25) is 4.79 Å². The Bertz CT molecular complexity index is 878. The van der Waals surface area contributed by atoms with E-state index in [-0.39, 0.29) is 11.7 Å². The molecule has 3 rings (SSSR count). The fraction of sp³-hybridized carbons (Fsp3) is 0.200. The fourth-order valence-electron chi connectivity index (χ4n) is 2.47. The van der Waals surface area contributed by atoms with Crippen LogP contribution in [0.25, 0.3) is 0 Å². The third-order valence-electron chi connectivity index (χ3n) is 3.79. The van der Waals surface area contributed by atoms with Crippen molar-refractivity contribution in [1.29, 1.82) is 0 Å². The van der Waals surface area contributed by atoms with E-state index in [1.807, 2.05) is 18.4 Å². The summed E-state index contributed by atoms with van der Waals surface area (Å²) < 4.78 is 18.7. The number of nitrogens with zero attached hydrogens (tertiary/aromatic N) is 1. The first-order chi connectivity index (χ1) is 12.6. The maximum atomic E-state index is 12.9. The molecule has 0 fully saturated rings. The van der Waals surface area contributed by atoms with E-state index in [0.717, 1.165) is 16.3 Å². The highest BCUT2D eigenvalue weighted by Gasteiger charge is 2.12. The van der Waals surface area contributed by atoms with Crippen LogP contribution >= 0.6 is 11.3 Å². The number of halogens is 1. The van der Waals surface area contributed by atoms with E-state index in [4.69, 9.17) is 4.74 Å². The van der Waals surface area contributed by atoms with Gasteiger partial charge in [-0.05, 0) is 43.2 Å². The normalized spacial score (nSPS) is 10.5. The second kappa shape index (κ2) is 8.58. The van der Waals surface area contributed by atoms with E-state index in [2.05, 4.69) is 10.3 Å². The van der Waals surface area contributed by atoms with Crippen LogP contribution in [-0.2, 0) is 13.0 Å². The molecule has 0 saturated heterocycles. The molecule has 2 aromatic carbocycles. The van der Waals surface area contributed by atoms with E-state index in [9.17, 15) is 9.18 Å². The van der Waals surface area contributed by atoms with Gasteiger partial charge >= 0.3 is 0 Å². The molecule has 0 aliphatic rings. The van der Waals surface area contributed by atoms with Crippen LogP contribution in [0, 0.1) is 12.7 Å². The van der Waals surface area contributed by atoms with Gasteiger partial charge in [0, 0.05) is 11.9 Å². The quantitative estimate of drug-likeness (QED) is 0.680. The number of aromatic nitrogens is 1. The number of carbonyl (C=O) groups is 1. The highest BCUT2D eigenvalue weighted by Crippen LogP contribution is 2.20. The van der Waals surface area contributed by atoms with Crippen molar-refractivity contribution in [2.45, 2.75) is 20.0 Å². The number of rotatable bonds is 7. The Labute approximate surface area is 155 Å². The number of para-hydroxylation sites is 1. The minimum Gasteiger partial charge on any atom is -0.486 e. The molecule has 1 N–H and O–H groups in total. The largest absolute Gasteiger partial charge is 0.486 e. The maximum absolute atomic E-state index is 12.9. The summed E-state index contributed by atoms with van der Waals surface area (Å²) in [5, 5.41) is 5.81. The highest BCUT2D eigenvalue weighted by atomic mass is 32.1. The van der Waals surface area contributed by atoms with Gasteiger partial charge in [0.05, 0.1) is 16.3 Å². The first kappa shape index (κ1) is 18.1. The van der Waals surface area contributed by atoms with E-state index >= 15 is 0 Å². The van der Waals surface area contributed by atoms with Crippen molar-refractivity contribution < 1.29 is 13.9 Å². The predicted molar refractivity (Wildman–Crippen MR) is 100 cm³/mol. The van der Waals surface area contributed by atoms with Crippen molar-refractivity contribution in [2.24, 2.45) is 0 Å². The predicted octanol–water partition coefficient (Wildman–Crippen LogP) is 4.14. The molecule has 0 aliphatic heterocycles. The van der Waals surface area contributed by atoms with Crippen LogP contribution in [0.5, 0.6) is 5.75 Å². The molecular formula is C20H19FN2O2S. The summed E-state index contributed by atoms with van der Waals surface area (Å²) in [4.78, 5) is 16.8. The minimum atomic E-state index is -0.265. The lowest BCUT2D eigenvalue weighted by atomic mass is 10.1. The molecule has 1 aromatic heterocycles. The molecule has 0 saturated carbocycles. The molecule has 1 amide bonds. The van der Waals surface area contributed by atoms with Gasteiger partial charge in [0.1, 0.15) is 18.2 Å². The number of thiazole rings is 1. The van der Waals surface area contributed by atoms with Gasteiger partial charge in [0.25, 0.3) is 5.91 Å². The summed E-state index contributed by atoms with van der Waals surface area (Å²) in [5.74, 6) is 0.0637. The molecule has 0 radical (unpaired) electrons. The van der Waals surface area contributed by atoms with Crippen LogP contribution in [0.15, 0.2) is 53.9 Å². The van der Waals surface area contributed by atoms with Gasteiger partial charge in [-0.25, -0.2) is 9.37 Å². The van der Waals surface area contributed by atoms with E-state index in [1.165, 1.54) is 12.1 Å². The van der Waals surface area contributed by atoms with E-state index in [0.29, 0.717) is 30.9 Å². The van der Waals surface area contributed by atoms with Crippen molar-refractivity contribution in [1.82, 2.24) is 10.3 Å². The van der Waals surface area contributed by atoms with Crippen molar-refractivity contribution in [3.63, 3.8) is 0 Å². The molecule has 26 heavy (non-hydrogen) atoms. The van der Waals surface area contributed by atoms with Crippen LogP contribution in [0.3, 0.4) is 0 Å². The highest BCUT2D eigenvalue weighted by molar-refractivity contribution is 7.09. The molecule has 0 unspecified atom stereocenters. The van der Waals surface area contributed by atoms with Crippen LogP contribution in [0.2, 0.25) is 0 Å². The first-order valence-corrected chi connectivity index (χ1v) is 9.15. The topological polar surface area (TPSA) is 51.2 Å². The number of benzene rings is 2. The zero-order valence-corrected chi connectivity index (χ0v) is 15.2. The number of nitrogens with one attached hydrogen (secondary N) is 1. The van der Waals surface area contributed by atoms with Crippen LogP contribution in [-0.4, -0.2) is 17.4 Å². The van der Waals surface area contributed by atoms with Gasteiger partial charge in [0.15, 0.2) is 0 Å². The van der Waals surface area contributed by atoms with Crippen LogP contribution in [0.4, 0.5) is 4.39 Å². The summed E-state index contributed by atoms with van der Waals surface area (Å²) in [6, 6.07) is 13.4. The molecule has 0 aliphatic carbocycles. The zero-order valence-electron chi connectivity index (χ0n) is 14.4. The molecule has 0 bridgehead atoms. The van der Waals surface area contributed by atoms with Crippen molar-refractivity contribution in [3.8, 4) is 5.75 Å². The summed E-state index contributed by atoms with van der Waals surface area (Å²) in [5.41, 5.74) is 2.30. The third-order valence-corrected chi connectivity index (χ3v) is 4.61. The Hall–Kier alpha value is -2.73. The molecule has 1 heterocycles. The van der Waals surface area contributed by atoms with Crippen molar-refractivity contribution >= 4 is 17.2 Å². The van der Waals surface area contributed by atoms with Crippen LogP contribution < -0.4 is 10.1 Å². The summed E-state index contributed by atoms with van der Waals surface area (Å²) in [6.45, 7) is 2.73. The number of amides is 1. The Morgan fingerprint density at radius 2 is 1.96 bits per heavy atom. The minimum absolute atomic E-state index is 0.197. The third kappa shape index (κ3) is 4.89. The molecule has 0 spiro atoms. The molecule has 6 heteroatoms. The van der Waals surface area contributed by atoms with Gasteiger partial charge in [-0.15, -0.1) is 11.3 Å². The Balaban J connectivity index is 1.57. The van der Waals surface area contributed by atoms with Gasteiger partial charge in [-0.2, -0.15) is 0 Å². The Morgan fingerprint density at radius 3 is 2.69 bits per heavy atom. The van der Waals surface area contributed by atoms with Crippen molar-refractivity contribution in [3.05, 3.63) is 81.6 Å². The molecule has 3 aromatic rings. The first-order valence-electron chi connectivity index (χ1n) is 8.27. The molecule has 134 valence electrons. The SMILES string of the molecule is Cc1nc(COc2ccccc2C(=O)NCCc2ccc(F)cc2)cs1. The summed E-state index contributed by atoms with van der Waals surface area (Å²) >= 11 is 1.57. The average molecular weight is 370 g/mol. The number of hydrogen-bond acceptors (Lipinski definition) is 4. The lowest BCUT2D eigenvalue weighted by Gasteiger charge is -2.11. The number of hydrogen-bond donors (Lipinski definition) is 1. The second-order valence-corrected chi connectivity index (χ2v) is 6.84. The number of ether oxygens (including phenoxy) is 1. The molecule has 4 nitrogen and oxygen atoms in total. The smallest absolute Gasteiger partial charge is 0.255 e. The Kier molecular flexibility index (Phi) is 5.96. The number of carbonyl (C=O) groups excluding carboxylic acids is 1. The van der Waals surface area contributed by atoms with Crippen molar-refractivity contribution in [2.75, 3.05) is 6.54 Å². The standard InChI is InChI=1S/C20H19FN2O2S/c1-14-23-17(13-26-14)12-25-19-5-3-2-4-18(19)20(24)22-11-10-15-6-8-16(21)9-7-15/h2-9,13H,10-12H2,1H3,(H,22,24). The lowest BCUT2D eigenvalue weighted by molar-refractivity contribution is 0.0949. The average Bonchev–Trinajstić information content (AvgIpc) is 3.07. The monoisotopic (exact) mass is 370 g/mol. The zero-order chi connectivity index (χ0) is 18.4. The summed E-state index contributed by atoms with van der Waals surface area (Å²) in [7, 11) is 0. The van der Waals surface area contributed by atoms with Gasteiger partial charge in [0.2, 0.25) is 0 Å². The molecule has 0 atom stereocenters. The Morgan fingerprint density at radius 1 is 1.19 bits per heavy atom. The second-order valence-electron chi connectivity index (χ2n) is 5.78. The van der Waals surface area contributed by atoms with Gasteiger partial charge < -0.3 is 10.1 Å². The van der Waals surface area contributed by atoms with E-state index < -0.39 is 0 Å². The fourth-order valence-corrected chi connectivity index (χ4v) is 3.07. The lowest BCUT2D eigenvalue weighted by Crippen LogP contribution is -2.26. The summed E-state index contributed by atoms with van der Waals surface area (Å²) in [6.07, 6.45) is 0.632. The maximum Gasteiger partial charge on any atom is 0.255 e. The molecular weight excluding hydrogens is 351 g/mol.